The SMILES string of the molecule is CC1(Cc2ccc3c(c2)OCO3)CCC(=O)N1. The van der Waals surface area contributed by atoms with Gasteiger partial charge < -0.3 is 14.8 Å². The fraction of sp³-hybridized carbons (Fsp3) is 0.462. The van der Waals surface area contributed by atoms with Crippen molar-refractivity contribution in [1.29, 1.82) is 0 Å². The molecule has 1 amide bonds. The highest BCUT2D eigenvalue weighted by Crippen LogP contribution is 2.34. The lowest BCUT2D eigenvalue weighted by atomic mass is 9.91. The summed E-state index contributed by atoms with van der Waals surface area (Å²) in [5, 5.41) is 3.04. The minimum absolute atomic E-state index is 0.120. The Morgan fingerprint density at radius 3 is 2.94 bits per heavy atom. The van der Waals surface area contributed by atoms with Crippen LogP contribution in [-0.2, 0) is 11.2 Å². The third kappa shape index (κ3) is 1.95. The van der Waals surface area contributed by atoms with E-state index in [1.54, 1.807) is 0 Å². The van der Waals surface area contributed by atoms with Crippen LogP contribution in [0.4, 0.5) is 0 Å². The Bertz CT molecular complexity index is 472. The van der Waals surface area contributed by atoms with Crippen LogP contribution < -0.4 is 14.8 Å². The van der Waals surface area contributed by atoms with E-state index < -0.39 is 0 Å². The van der Waals surface area contributed by atoms with E-state index in [0.29, 0.717) is 13.2 Å². The standard InChI is InChI=1S/C13H15NO3/c1-13(5-4-12(15)14-13)7-9-2-3-10-11(6-9)17-8-16-10/h2-3,6H,4-5,7-8H2,1H3,(H,14,15). The first-order chi connectivity index (χ1) is 8.15. The molecule has 1 fully saturated rings. The van der Waals surface area contributed by atoms with Crippen LogP contribution in [0.15, 0.2) is 18.2 Å². The van der Waals surface area contributed by atoms with E-state index in [0.717, 1.165) is 24.3 Å². The van der Waals surface area contributed by atoms with Crippen LogP contribution >= 0.6 is 0 Å². The van der Waals surface area contributed by atoms with Crippen molar-refractivity contribution < 1.29 is 14.3 Å². The van der Waals surface area contributed by atoms with E-state index in [2.05, 4.69) is 12.2 Å². The van der Waals surface area contributed by atoms with Crippen molar-refractivity contribution >= 4 is 5.91 Å². The molecule has 17 heavy (non-hydrogen) atoms. The summed E-state index contributed by atoms with van der Waals surface area (Å²) in [6, 6.07) is 5.96. The second-order valence-corrected chi connectivity index (χ2v) is 4.97. The van der Waals surface area contributed by atoms with Gasteiger partial charge in [-0.15, -0.1) is 0 Å². The van der Waals surface area contributed by atoms with Gasteiger partial charge in [0.15, 0.2) is 11.5 Å². The number of hydrogen-bond acceptors (Lipinski definition) is 3. The smallest absolute Gasteiger partial charge is 0.231 e. The first-order valence-corrected chi connectivity index (χ1v) is 5.84. The molecule has 2 aliphatic heterocycles. The molecule has 1 aromatic carbocycles. The summed E-state index contributed by atoms with van der Waals surface area (Å²) in [5.74, 6) is 1.75. The van der Waals surface area contributed by atoms with E-state index in [9.17, 15) is 4.79 Å². The zero-order valence-electron chi connectivity index (χ0n) is 9.79. The van der Waals surface area contributed by atoms with Crippen molar-refractivity contribution in [2.45, 2.75) is 31.7 Å². The molecule has 2 heterocycles. The number of fused-ring (bicyclic) bond motifs is 1. The monoisotopic (exact) mass is 233 g/mol. The quantitative estimate of drug-likeness (QED) is 0.844. The van der Waals surface area contributed by atoms with Gasteiger partial charge in [0.2, 0.25) is 12.7 Å². The second-order valence-electron chi connectivity index (χ2n) is 4.97. The average Bonchev–Trinajstić information content (AvgIpc) is 2.85. The zero-order chi connectivity index (χ0) is 11.9. The fourth-order valence-corrected chi connectivity index (χ4v) is 2.49. The molecule has 1 atom stereocenters. The van der Waals surface area contributed by atoms with E-state index >= 15 is 0 Å². The van der Waals surface area contributed by atoms with Crippen LogP contribution in [-0.4, -0.2) is 18.2 Å². The topological polar surface area (TPSA) is 47.6 Å². The van der Waals surface area contributed by atoms with Crippen LogP contribution in [0.25, 0.3) is 0 Å². The summed E-state index contributed by atoms with van der Waals surface area (Å²) in [5.41, 5.74) is 1.05. The molecule has 0 aromatic heterocycles. The van der Waals surface area contributed by atoms with Gasteiger partial charge in [-0.3, -0.25) is 4.79 Å². The molecule has 0 saturated carbocycles. The number of amides is 1. The number of benzene rings is 1. The minimum Gasteiger partial charge on any atom is -0.454 e. The molecule has 90 valence electrons. The molecule has 0 spiro atoms. The third-order valence-electron chi connectivity index (χ3n) is 3.38. The van der Waals surface area contributed by atoms with E-state index in [1.165, 1.54) is 5.56 Å². The highest BCUT2D eigenvalue weighted by molar-refractivity contribution is 5.79. The van der Waals surface area contributed by atoms with Gasteiger partial charge in [-0.05, 0) is 37.5 Å². The maximum atomic E-state index is 11.3. The second kappa shape index (κ2) is 3.65. The van der Waals surface area contributed by atoms with Crippen molar-refractivity contribution in [2.75, 3.05) is 6.79 Å². The number of nitrogens with one attached hydrogen (secondary N) is 1. The number of hydrogen-bond donors (Lipinski definition) is 1. The van der Waals surface area contributed by atoms with Gasteiger partial charge in [-0.2, -0.15) is 0 Å². The Balaban J connectivity index is 1.79. The van der Waals surface area contributed by atoms with Crippen LogP contribution in [0.2, 0.25) is 0 Å². The van der Waals surface area contributed by atoms with E-state index in [4.69, 9.17) is 9.47 Å². The lowest BCUT2D eigenvalue weighted by Crippen LogP contribution is -2.40. The Morgan fingerprint density at radius 2 is 2.18 bits per heavy atom. The van der Waals surface area contributed by atoms with E-state index in [1.807, 2.05) is 18.2 Å². The zero-order valence-corrected chi connectivity index (χ0v) is 9.79. The Kier molecular flexibility index (Phi) is 2.24. The number of carbonyl (C=O) groups excluding carboxylic acids is 1. The van der Waals surface area contributed by atoms with Crippen molar-refractivity contribution in [3.63, 3.8) is 0 Å². The predicted molar refractivity (Wildman–Crippen MR) is 62.1 cm³/mol. The van der Waals surface area contributed by atoms with Crippen LogP contribution in [0.5, 0.6) is 11.5 Å². The lowest BCUT2D eigenvalue weighted by molar-refractivity contribution is -0.119. The Labute approximate surface area is 99.9 Å². The van der Waals surface area contributed by atoms with Gasteiger partial charge in [0, 0.05) is 12.0 Å². The summed E-state index contributed by atoms with van der Waals surface area (Å²) in [7, 11) is 0. The lowest BCUT2D eigenvalue weighted by Gasteiger charge is -2.24. The van der Waals surface area contributed by atoms with Gasteiger partial charge in [0.25, 0.3) is 0 Å². The summed E-state index contributed by atoms with van der Waals surface area (Å²) >= 11 is 0. The highest BCUT2D eigenvalue weighted by atomic mass is 16.7. The van der Waals surface area contributed by atoms with Crippen LogP contribution in [0.3, 0.4) is 0 Å². The predicted octanol–water partition coefficient (Wildman–Crippen LogP) is 1.63. The van der Waals surface area contributed by atoms with Crippen molar-refractivity contribution in [3.05, 3.63) is 23.8 Å². The molecular formula is C13H15NO3. The highest BCUT2D eigenvalue weighted by Gasteiger charge is 2.33. The number of rotatable bonds is 2. The van der Waals surface area contributed by atoms with Gasteiger partial charge in [0.1, 0.15) is 0 Å². The molecule has 0 aliphatic carbocycles. The summed E-state index contributed by atoms with van der Waals surface area (Å²) in [4.78, 5) is 11.3. The average molecular weight is 233 g/mol. The maximum absolute atomic E-state index is 11.3. The van der Waals surface area contributed by atoms with Crippen LogP contribution in [0, 0.1) is 0 Å². The first-order valence-electron chi connectivity index (χ1n) is 5.84. The number of ether oxygens (including phenoxy) is 2. The van der Waals surface area contributed by atoms with Gasteiger partial charge in [-0.25, -0.2) is 0 Å². The molecule has 0 bridgehead atoms. The maximum Gasteiger partial charge on any atom is 0.231 e. The van der Waals surface area contributed by atoms with Crippen molar-refractivity contribution in [2.24, 2.45) is 0 Å². The van der Waals surface area contributed by atoms with Gasteiger partial charge >= 0.3 is 0 Å². The molecule has 1 aromatic rings. The molecule has 3 rings (SSSR count). The molecular weight excluding hydrogens is 218 g/mol. The Hall–Kier alpha value is -1.71. The molecule has 1 saturated heterocycles. The third-order valence-corrected chi connectivity index (χ3v) is 3.38. The molecule has 4 nitrogen and oxygen atoms in total. The first kappa shape index (κ1) is 10.4. The molecule has 1 N–H and O–H groups in total. The van der Waals surface area contributed by atoms with Crippen molar-refractivity contribution in [3.8, 4) is 11.5 Å². The minimum atomic E-state index is -0.120. The van der Waals surface area contributed by atoms with Crippen molar-refractivity contribution in [1.82, 2.24) is 5.32 Å². The van der Waals surface area contributed by atoms with Gasteiger partial charge in [0.05, 0.1) is 0 Å². The summed E-state index contributed by atoms with van der Waals surface area (Å²) < 4.78 is 10.6. The summed E-state index contributed by atoms with van der Waals surface area (Å²) in [6.07, 6.45) is 2.34. The molecule has 0 radical (unpaired) electrons. The van der Waals surface area contributed by atoms with Gasteiger partial charge in [-0.1, -0.05) is 6.07 Å². The van der Waals surface area contributed by atoms with Crippen LogP contribution in [0.1, 0.15) is 25.3 Å². The number of carbonyl (C=O) groups is 1. The normalized spacial score (nSPS) is 26.1. The molecule has 1 unspecified atom stereocenters. The fourth-order valence-electron chi connectivity index (χ4n) is 2.49. The molecule has 2 aliphatic rings. The Morgan fingerprint density at radius 1 is 1.35 bits per heavy atom. The molecule has 4 heteroatoms. The van der Waals surface area contributed by atoms with E-state index in [-0.39, 0.29) is 11.4 Å². The largest absolute Gasteiger partial charge is 0.454 e. The summed E-state index contributed by atoms with van der Waals surface area (Å²) in [6.45, 7) is 2.38.